The quantitative estimate of drug-likeness (QED) is 0.0861. The van der Waals surface area contributed by atoms with E-state index in [0.29, 0.717) is 6.04 Å². The first kappa shape index (κ1) is 35.6. The third kappa shape index (κ3) is 5.65. The molecule has 0 saturated carbocycles. The molecule has 10 rings (SSSR count). The lowest BCUT2D eigenvalue weighted by Crippen LogP contribution is -2.74. The molecular formula is C53H45N4Si+. The number of imidazole rings is 1. The van der Waals surface area contributed by atoms with E-state index in [0.717, 1.165) is 22.5 Å². The van der Waals surface area contributed by atoms with Gasteiger partial charge in [-0.15, -0.1) is 0 Å². The predicted molar refractivity (Wildman–Crippen MR) is 245 cm³/mol. The van der Waals surface area contributed by atoms with E-state index in [-0.39, 0.29) is 0 Å². The molecule has 0 aliphatic carbocycles. The van der Waals surface area contributed by atoms with Gasteiger partial charge in [0.2, 0.25) is 6.33 Å². The highest BCUT2D eigenvalue weighted by atomic mass is 28.3. The number of aromatic nitrogens is 4. The van der Waals surface area contributed by atoms with Gasteiger partial charge in [-0.2, -0.15) is 4.57 Å². The van der Waals surface area contributed by atoms with Crippen molar-refractivity contribution in [3.8, 4) is 22.6 Å². The lowest BCUT2D eigenvalue weighted by molar-refractivity contribution is -0.691. The van der Waals surface area contributed by atoms with Gasteiger partial charge in [0.25, 0.3) is 0 Å². The number of rotatable bonds is 8. The van der Waals surface area contributed by atoms with Crippen LogP contribution in [0.5, 0.6) is 0 Å². The average Bonchev–Trinajstić information content (AvgIpc) is 3.82. The molecule has 0 bridgehead atoms. The molecule has 0 atom stereocenters. The zero-order chi connectivity index (χ0) is 39.4. The molecule has 5 heteroatoms. The third-order valence-electron chi connectivity index (χ3n) is 12.0. The lowest BCUT2D eigenvalue weighted by atomic mass is 9.96. The van der Waals surface area contributed by atoms with Gasteiger partial charge < -0.3 is 0 Å². The number of pyridine rings is 1. The minimum absolute atomic E-state index is 0.325. The summed E-state index contributed by atoms with van der Waals surface area (Å²) in [4.78, 5) is 5.09. The highest BCUT2D eigenvalue weighted by Gasteiger charge is 2.42. The summed E-state index contributed by atoms with van der Waals surface area (Å²) in [5.74, 6) is 0.912. The predicted octanol–water partition coefficient (Wildman–Crippen LogP) is 9.65. The van der Waals surface area contributed by atoms with E-state index in [1.807, 2.05) is 6.20 Å². The summed E-state index contributed by atoms with van der Waals surface area (Å²) in [6, 6.07) is 67.8. The van der Waals surface area contributed by atoms with Gasteiger partial charge in [0.1, 0.15) is 11.5 Å². The molecule has 0 aliphatic heterocycles. The van der Waals surface area contributed by atoms with Crippen LogP contribution < -0.4 is 25.3 Å². The Labute approximate surface area is 341 Å². The largest absolute Gasteiger partial charge is 0.294 e. The molecule has 0 unspecified atom stereocenters. The van der Waals surface area contributed by atoms with Crippen LogP contribution in [0.2, 0.25) is 0 Å². The molecule has 0 saturated heterocycles. The van der Waals surface area contributed by atoms with E-state index < -0.39 is 8.07 Å². The summed E-state index contributed by atoms with van der Waals surface area (Å²) in [5.41, 5.74) is 10.8. The van der Waals surface area contributed by atoms with Crippen molar-refractivity contribution < 1.29 is 4.57 Å². The number of aryl methyl sites for hydroxylation is 2. The number of hydrogen-bond donors (Lipinski definition) is 0. The molecule has 0 amide bonds. The summed E-state index contributed by atoms with van der Waals surface area (Å²) in [6.45, 7) is 8.90. The number of fused-ring (bicyclic) bond motifs is 4. The maximum absolute atomic E-state index is 5.09. The maximum Gasteiger partial charge on any atom is 0.250 e. The fourth-order valence-electron chi connectivity index (χ4n) is 9.43. The fourth-order valence-corrected chi connectivity index (χ4v) is 14.2. The Kier molecular flexibility index (Phi) is 8.76. The van der Waals surface area contributed by atoms with Crippen LogP contribution in [0, 0.1) is 13.8 Å². The van der Waals surface area contributed by atoms with Crippen LogP contribution in [0.4, 0.5) is 0 Å². The summed E-state index contributed by atoms with van der Waals surface area (Å²) in [7, 11) is -2.97. The van der Waals surface area contributed by atoms with Crippen molar-refractivity contribution in [2.45, 2.75) is 33.7 Å². The van der Waals surface area contributed by atoms with Crippen LogP contribution in [-0.2, 0) is 0 Å². The molecule has 0 N–H and O–H groups in total. The maximum atomic E-state index is 5.09. The standard InChI is InChI=1S/C53H45N4Si/c1-37(2)55-36-56(50-28-14-13-27-49(50)55)41-19-16-24-44(34-41)58(42-20-7-5-8-21-42,43-22-9-6-10-23-43)45-29-30-47-46-25-11-12-26-48(46)57(51(47)35-45)52-33-40(31-32-54-52)53-38(3)17-15-18-39(53)4/h5-37H,1-4H3/q+1. The first-order valence-electron chi connectivity index (χ1n) is 20.2. The molecular weight excluding hydrogens is 721 g/mol. The number of hydrogen-bond acceptors (Lipinski definition) is 1. The van der Waals surface area contributed by atoms with E-state index in [2.05, 4.69) is 230 Å². The minimum Gasteiger partial charge on any atom is -0.294 e. The summed E-state index contributed by atoms with van der Waals surface area (Å²) < 4.78 is 7.12. The van der Waals surface area contributed by atoms with Crippen LogP contribution in [0.3, 0.4) is 0 Å². The summed E-state index contributed by atoms with van der Waals surface area (Å²) >= 11 is 0. The highest BCUT2D eigenvalue weighted by molar-refractivity contribution is 7.20. The summed E-state index contributed by atoms with van der Waals surface area (Å²) in [6.07, 6.45) is 4.24. The smallest absolute Gasteiger partial charge is 0.250 e. The highest BCUT2D eigenvalue weighted by Crippen LogP contribution is 2.34. The van der Waals surface area contributed by atoms with Crippen molar-refractivity contribution in [2.75, 3.05) is 0 Å². The van der Waals surface area contributed by atoms with E-state index >= 15 is 0 Å². The van der Waals surface area contributed by atoms with Gasteiger partial charge in [-0.25, -0.2) is 9.55 Å². The van der Waals surface area contributed by atoms with Crippen molar-refractivity contribution in [1.29, 1.82) is 0 Å². The number of benzene rings is 7. The van der Waals surface area contributed by atoms with Gasteiger partial charge in [-0.05, 0) is 119 Å². The first-order valence-corrected chi connectivity index (χ1v) is 22.2. The fraction of sp³-hybridized carbons (Fsp3) is 0.0943. The molecule has 10 aromatic rings. The Hall–Kier alpha value is -6.82. The van der Waals surface area contributed by atoms with Gasteiger partial charge in [-0.1, -0.05) is 133 Å². The van der Waals surface area contributed by atoms with E-state index in [1.54, 1.807) is 0 Å². The normalized spacial score (nSPS) is 11.9. The monoisotopic (exact) mass is 765 g/mol. The van der Waals surface area contributed by atoms with Crippen molar-refractivity contribution in [2.24, 2.45) is 0 Å². The zero-order valence-corrected chi connectivity index (χ0v) is 34.3. The Morgan fingerprint density at radius 2 is 1.12 bits per heavy atom. The molecule has 7 aromatic carbocycles. The van der Waals surface area contributed by atoms with Gasteiger partial charge in [0.05, 0.1) is 17.1 Å². The van der Waals surface area contributed by atoms with Gasteiger partial charge in [0, 0.05) is 17.0 Å². The lowest BCUT2D eigenvalue weighted by Gasteiger charge is -2.34. The number of para-hydroxylation sites is 3. The van der Waals surface area contributed by atoms with Crippen molar-refractivity contribution in [3.05, 3.63) is 206 Å². The van der Waals surface area contributed by atoms with Crippen LogP contribution in [0.25, 0.3) is 55.5 Å². The van der Waals surface area contributed by atoms with Crippen LogP contribution in [-0.4, -0.2) is 22.2 Å². The van der Waals surface area contributed by atoms with Gasteiger partial charge in [-0.3, -0.25) is 4.57 Å². The van der Waals surface area contributed by atoms with Crippen LogP contribution in [0.15, 0.2) is 195 Å². The van der Waals surface area contributed by atoms with Crippen LogP contribution >= 0.6 is 0 Å². The second kappa shape index (κ2) is 14.3. The van der Waals surface area contributed by atoms with E-state index in [4.69, 9.17) is 4.98 Å². The molecule has 280 valence electrons. The zero-order valence-electron chi connectivity index (χ0n) is 33.3. The molecule has 4 nitrogen and oxygen atoms in total. The number of nitrogens with zero attached hydrogens (tertiary/aromatic N) is 4. The Balaban J connectivity index is 1.27. The SMILES string of the molecule is Cc1cccc(C)c1-c1ccnc(-n2c3ccccc3c3ccc([Si](c4ccccc4)(c4ccccc4)c4cccc(-n5c[n+](C(C)C)c6ccccc65)c4)cc32)c1. The first-order chi connectivity index (χ1) is 28.4. The van der Waals surface area contributed by atoms with E-state index in [1.165, 1.54) is 64.8 Å². The molecule has 58 heavy (non-hydrogen) atoms. The van der Waals surface area contributed by atoms with E-state index in [9.17, 15) is 0 Å². The molecule has 0 aliphatic rings. The Bertz CT molecular complexity index is 3060. The molecule has 0 radical (unpaired) electrons. The molecule has 3 heterocycles. The van der Waals surface area contributed by atoms with Crippen LogP contribution in [0.1, 0.15) is 31.0 Å². The Morgan fingerprint density at radius 3 is 1.84 bits per heavy atom. The van der Waals surface area contributed by atoms with Gasteiger partial charge >= 0.3 is 0 Å². The molecule has 0 spiro atoms. The molecule has 3 aromatic heterocycles. The minimum atomic E-state index is -2.97. The summed E-state index contributed by atoms with van der Waals surface area (Å²) in [5, 5.41) is 7.76. The second-order valence-electron chi connectivity index (χ2n) is 15.8. The van der Waals surface area contributed by atoms with Crippen molar-refractivity contribution in [1.82, 2.24) is 14.1 Å². The van der Waals surface area contributed by atoms with Crippen molar-refractivity contribution in [3.63, 3.8) is 0 Å². The van der Waals surface area contributed by atoms with Crippen molar-refractivity contribution >= 4 is 61.7 Å². The Morgan fingerprint density at radius 1 is 0.517 bits per heavy atom. The molecule has 0 fully saturated rings. The topological polar surface area (TPSA) is 26.6 Å². The second-order valence-corrected chi connectivity index (χ2v) is 19.6. The van der Waals surface area contributed by atoms with Gasteiger partial charge in [0.15, 0.2) is 19.1 Å². The third-order valence-corrected chi connectivity index (χ3v) is 16.8. The average molecular weight is 766 g/mol.